The maximum absolute atomic E-state index is 4.31. The average Bonchev–Trinajstić information content (AvgIpc) is 2.58. The van der Waals surface area contributed by atoms with Crippen LogP contribution in [0.5, 0.6) is 0 Å². The van der Waals surface area contributed by atoms with E-state index in [0.717, 1.165) is 0 Å². The van der Waals surface area contributed by atoms with Crippen molar-refractivity contribution < 1.29 is 0 Å². The maximum Gasteiger partial charge on any atom is 0.0513 e. The summed E-state index contributed by atoms with van der Waals surface area (Å²) in [6, 6.07) is 7.09. The lowest BCUT2D eigenvalue weighted by atomic mass is 10.0. The van der Waals surface area contributed by atoms with Gasteiger partial charge in [-0.3, -0.25) is 4.98 Å². The molecule has 0 amide bonds. The van der Waals surface area contributed by atoms with E-state index in [-0.39, 0.29) is 0 Å². The fourth-order valence-electron chi connectivity index (χ4n) is 1.76. The minimum absolute atomic E-state index is 0.705. The molecular weight excluding hydrogens is 134 g/mol. The van der Waals surface area contributed by atoms with Crippen LogP contribution in [0.3, 0.4) is 0 Å². The zero-order valence-electron chi connectivity index (χ0n) is 6.59. The summed E-state index contributed by atoms with van der Waals surface area (Å²) in [6.45, 7) is 0. The number of aromatic nitrogens is 1. The molecule has 1 nitrogen and oxygen atoms in total. The second-order valence-corrected chi connectivity index (χ2v) is 3.15. The van der Waals surface area contributed by atoms with Gasteiger partial charge in [0.15, 0.2) is 0 Å². The van der Waals surface area contributed by atoms with Gasteiger partial charge in [0.25, 0.3) is 0 Å². The Hall–Kier alpha value is -0.850. The molecule has 1 fully saturated rings. The minimum atomic E-state index is 0.705. The van der Waals surface area contributed by atoms with Gasteiger partial charge in [-0.2, -0.15) is 0 Å². The molecule has 1 heteroatoms. The molecule has 1 saturated carbocycles. The first-order valence-corrected chi connectivity index (χ1v) is 4.29. The summed E-state index contributed by atoms with van der Waals surface area (Å²) >= 11 is 0. The largest absolute Gasteiger partial charge is 0.260 e. The summed E-state index contributed by atoms with van der Waals surface area (Å²) in [5.41, 5.74) is 1.17. The van der Waals surface area contributed by atoms with E-state index in [4.69, 9.17) is 0 Å². The molecule has 0 saturated heterocycles. The van der Waals surface area contributed by atoms with Crippen LogP contribution in [0.2, 0.25) is 0 Å². The van der Waals surface area contributed by atoms with Gasteiger partial charge >= 0.3 is 0 Å². The molecule has 1 aromatic rings. The Morgan fingerprint density at radius 3 is 2.82 bits per heavy atom. The predicted molar refractivity (Wildman–Crippen MR) is 44.3 cm³/mol. The third-order valence-corrected chi connectivity index (χ3v) is 2.37. The molecule has 0 spiro atoms. The Labute approximate surface area is 67.5 Å². The smallest absolute Gasteiger partial charge is 0.0513 e. The fraction of sp³-hybridized carbons (Fsp3) is 0.500. The van der Waals surface area contributed by atoms with E-state index in [1.165, 1.54) is 31.4 Å². The molecule has 1 aliphatic rings. The SMILES string of the molecule is [c]1cccnc1C1CCCC1. The predicted octanol–water partition coefficient (Wildman–Crippen LogP) is 2.54. The van der Waals surface area contributed by atoms with E-state index in [1.807, 2.05) is 18.3 Å². The lowest BCUT2D eigenvalue weighted by Gasteiger charge is -2.05. The van der Waals surface area contributed by atoms with E-state index in [0.29, 0.717) is 5.92 Å². The lowest BCUT2D eigenvalue weighted by Crippen LogP contribution is -1.94. The molecule has 0 unspecified atom stereocenters. The number of hydrogen-bond acceptors (Lipinski definition) is 1. The summed E-state index contributed by atoms with van der Waals surface area (Å²) in [4.78, 5) is 4.31. The van der Waals surface area contributed by atoms with Crippen molar-refractivity contribution in [2.45, 2.75) is 31.6 Å². The van der Waals surface area contributed by atoms with Gasteiger partial charge in [0.2, 0.25) is 0 Å². The second-order valence-electron chi connectivity index (χ2n) is 3.15. The molecule has 11 heavy (non-hydrogen) atoms. The van der Waals surface area contributed by atoms with Crippen LogP contribution >= 0.6 is 0 Å². The third kappa shape index (κ3) is 1.42. The first-order valence-electron chi connectivity index (χ1n) is 4.29. The Bertz CT molecular complexity index is 212. The van der Waals surface area contributed by atoms with Gasteiger partial charge in [0, 0.05) is 18.2 Å². The quantitative estimate of drug-likeness (QED) is 0.593. The second kappa shape index (κ2) is 3.04. The molecule has 0 aliphatic heterocycles. The van der Waals surface area contributed by atoms with Crippen molar-refractivity contribution in [3.63, 3.8) is 0 Å². The first-order chi connectivity index (χ1) is 5.47. The molecule has 1 heterocycles. The highest BCUT2D eigenvalue weighted by Crippen LogP contribution is 2.32. The first kappa shape index (κ1) is 6.84. The zero-order chi connectivity index (χ0) is 7.52. The summed E-state index contributed by atoms with van der Waals surface area (Å²) in [7, 11) is 0. The monoisotopic (exact) mass is 146 g/mol. The molecule has 2 rings (SSSR count). The van der Waals surface area contributed by atoms with Crippen LogP contribution in [-0.2, 0) is 0 Å². The molecule has 0 bridgehead atoms. The van der Waals surface area contributed by atoms with Crippen LogP contribution in [-0.4, -0.2) is 4.98 Å². The summed E-state index contributed by atoms with van der Waals surface area (Å²) in [6.07, 6.45) is 7.23. The van der Waals surface area contributed by atoms with Gasteiger partial charge in [-0.1, -0.05) is 18.9 Å². The van der Waals surface area contributed by atoms with Gasteiger partial charge in [0.05, 0.1) is 5.69 Å². The molecule has 0 atom stereocenters. The summed E-state index contributed by atoms with van der Waals surface area (Å²) in [5, 5.41) is 0. The van der Waals surface area contributed by atoms with Crippen LogP contribution < -0.4 is 0 Å². The maximum atomic E-state index is 4.31. The topological polar surface area (TPSA) is 12.9 Å². The lowest BCUT2D eigenvalue weighted by molar-refractivity contribution is 0.696. The van der Waals surface area contributed by atoms with Crippen molar-refractivity contribution in [2.75, 3.05) is 0 Å². The molecular formula is C10H12N. The van der Waals surface area contributed by atoms with E-state index in [2.05, 4.69) is 11.1 Å². The minimum Gasteiger partial charge on any atom is -0.260 e. The fourth-order valence-corrected chi connectivity index (χ4v) is 1.76. The van der Waals surface area contributed by atoms with E-state index in [9.17, 15) is 0 Å². The number of hydrogen-bond donors (Lipinski definition) is 0. The molecule has 57 valence electrons. The Balaban J connectivity index is 2.16. The average molecular weight is 146 g/mol. The van der Waals surface area contributed by atoms with Crippen molar-refractivity contribution in [3.8, 4) is 0 Å². The van der Waals surface area contributed by atoms with Crippen molar-refractivity contribution in [1.29, 1.82) is 0 Å². The van der Waals surface area contributed by atoms with Crippen molar-refractivity contribution in [3.05, 3.63) is 30.1 Å². The Morgan fingerprint density at radius 2 is 2.18 bits per heavy atom. The van der Waals surface area contributed by atoms with Gasteiger partial charge in [-0.15, -0.1) is 0 Å². The van der Waals surface area contributed by atoms with E-state index >= 15 is 0 Å². The van der Waals surface area contributed by atoms with Crippen LogP contribution in [0.1, 0.15) is 37.3 Å². The molecule has 1 aromatic heterocycles. The van der Waals surface area contributed by atoms with Gasteiger partial charge in [0.1, 0.15) is 0 Å². The van der Waals surface area contributed by atoms with Crippen LogP contribution in [0.4, 0.5) is 0 Å². The standard InChI is InChI=1S/C10H12N/c1-2-6-9(5-1)10-7-3-4-8-11-10/h3-4,8-9H,1-2,5-6H2. The van der Waals surface area contributed by atoms with Crippen molar-refractivity contribution in [2.24, 2.45) is 0 Å². The Morgan fingerprint density at radius 1 is 1.36 bits per heavy atom. The normalized spacial score (nSPS) is 18.9. The molecule has 1 aliphatic carbocycles. The third-order valence-electron chi connectivity index (χ3n) is 2.37. The Kier molecular flexibility index (Phi) is 1.89. The molecule has 0 N–H and O–H groups in total. The van der Waals surface area contributed by atoms with Crippen LogP contribution in [0.25, 0.3) is 0 Å². The van der Waals surface area contributed by atoms with Gasteiger partial charge in [-0.25, -0.2) is 0 Å². The van der Waals surface area contributed by atoms with E-state index in [1.54, 1.807) is 0 Å². The van der Waals surface area contributed by atoms with Crippen LogP contribution in [0, 0.1) is 6.07 Å². The van der Waals surface area contributed by atoms with Crippen molar-refractivity contribution in [1.82, 2.24) is 4.98 Å². The highest BCUT2D eigenvalue weighted by molar-refractivity contribution is 5.08. The molecule has 0 aromatic carbocycles. The molecule has 1 radical (unpaired) electrons. The summed E-state index contributed by atoms with van der Waals surface area (Å²) < 4.78 is 0. The number of pyridine rings is 1. The zero-order valence-corrected chi connectivity index (χ0v) is 6.59. The van der Waals surface area contributed by atoms with Crippen molar-refractivity contribution >= 4 is 0 Å². The van der Waals surface area contributed by atoms with Crippen LogP contribution in [0.15, 0.2) is 18.3 Å². The van der Waals surface area contributed by atoms with E-state index < -0.39 is 0 Å². The highest BCUT2D eigenvalue weighted by atomic mass is 14.7. The highest BCUT2D eigenvalue weighted by Gasteiger charge is 2.17. The number of rotatable bonds is 1. The number of nitrogens with zero attached hydrogens (tertiary/aromatic N) is 1. The summed E-state index contributed by atoms with van der Waals surface area (Å²) in [5.74, 6) is 0.705. The van der Waals surface area contributed by atoms with Gasteiger partial charge < -0.3 is 0 Å². The van der Waals surface area contributed by atoms with Gasteiger partial charge in [-0.05, 0) is 18.9 Å².